The molecular formula is C7H11ClO3. The van der Waals surface area contributed by atoms with Gasteiger partial charge in [-0.3, -0.25) is 9.59 Å². The van der Waals surface area contributed by atoms with E-state index >= 15 is 0 Å². The maximum Gasteiger partial charge on any atom is 0.314 e. The van der Waals surface area contributed by atoms with Crippen molar-refractivity contribution in [3.63, 3.8) is 0 Å². The second-order valence-corrected chi connectivity index (χ2v) is 2.71. The zero-order chi connectivity index (χ0) is 8.85. The van der Waals surface area contributed by atoms with E-state index in [0.29, 0.717) is 18.7 Å². The first-order valence-corrected chi connectivity index (χ1v) is 3.92. The van der Waals surface area contributed by atoms with Crippen LogP contribution in [0, 0.1) is 5.92 Å². The van der Waals surface area contributed by atoms with Gasteiger partial charge in [0.05, 0.1) is 0 Å². The van der Waals surface area contributed by atoms with Gasteiger partial charge in [0, 0.05) is 5.88 Å². The molecular weight excluding hydrogens is 168 g/mol. The van der Waals surface area contributed by atoms with Crippen molar-refractivity contribution in [1.82, 2.24) is 0 Å². The fourth-order valence-electron chi connectivity index (χ4n) is 0.782. The van der Waals surface area contributed by atoms with Gasteiger partial charge in [0.2, 0.25) is 0 Å². The molecule has 0 aromatic rings. The first kappa shape index (κ1) is 10.4. The van der Waals surface area contributed by atoms with Crippen LogP contribution in [0.25, 0.3) is 0 Å². The van der Waals surface area contributed by atoms with E-state index in [4.69, 9.17) is 16.7 Å². The summed E-state index contributed by atoms with van der Waals surface area (Å²) in [6, 6.07) is 0. The van der Waals surface area contributed by atoms with E-state index in [1.54, 1.807) is 0 Å². The van der Waals surface area contributed by atoms with E-state index in [0.717, 1.165) is 0 Å². The molecule has 0 aliphatic carbocycles. The molecule has 0 aliphatic rings. The lowest BCUT2D eigenvalue weighted by molar-refractivity contribution is -0.145. The Hall–Kier alpha value is -0.570. The van der Waals surface area contributed by atoms with Gasteiger partial charge >= 0.3 is 5.97 Å². The highest BCUT2D eigenvalue weighted by Gasteiger charge is 2.21. The highest BCUT2D eigenvalue weighted by Crippen LogP contribution is 2.08. The first-order chi connectivity index (χ1) is 5.09. The summed E-state index contributed by atoms with van der Waals surface area (Å²) < 4.78 is 0. The summed E-state index contributed by atoms with van der Waals surface area (Å²) in [5, 5.41) is 8.51. The molecule has 0 aliphatic heterocycles. The Morgan fingerprint density at radius 2 is 2.09 bits per heavy atom. The Balaban J connectivity index is 3.90. The third kappa shape index (κ3) is 3.98. The number of halogens is 1. The van der Waals surface area contributed by atoms with E-state index < -0.39 is 11.9 Å². The molecule has 1 N–H and O–H groups in total. The van der Waals surface area contributed by atoms with E-state index in [2.05, 4.69) is 0 Å². The number of aliphatic carboxylic acids is 1. The fraction of sp³-hybridized carbons (Fsp3) is 0.714. The fourth-order valence-corrected chi connectivity index (χ4v) is 0.936. The smallest absolute Gasteiger partial charge is 0.314 e. The van der Waals surface area contributed by atoms with Crippen LogP contribution in [-0.4, -0.2) is 22.7 Å². The van der Waals surface area contributed by atoms with Crippen LogP contribution >= 0.6 is 11.6 Å². The Morgan fingerprint density at radius 3 is 2.36 bits per heavy atom. The number of rotatable bonds is 5. The molecule has 0 rings (SSSR count). The predicted octanol–water partition coefficient (Wildman–Crippen LogP) is 1.30. The molecule has 64 valence electrons. The number of Topliss-reactive ketones (excluding diaryl/α,β-unsaturated/α-hetero) is 1. The van der Waals surface area contributed by atoms with Gasteiger partial charge in [-0.05, 0) is 19.8 Å². The second-order valence-electron chi connectivity index (χ2n) is 2.33. The molecule has 11 heavy (non-hydrogen) atoms. The van der Waals surface area contributed by atoms with E-state index in [-0.39, 0.29) is 5.78 Å². The summed E-state index contributed by atoms with van der Waals surface area (Å²) in [4.78, 5) is 21.1. The summed E-state index contributed by atoms with van der Waals surface area (Å²) in [5.41, 5.74) is 0. The molecule has 0 spiro atoms. The zero-order valence-corrected chi connectivity index (χ0v) is 7.10. The molecule has 0 saturated heterocycles. The average Bonchev–Trinajstić information content (AvgIpc) is 1.87. The third-order valence-corrected chi connectivity index (χ3v) is 1.68. The summed E-state index contributed by atoms with van der Waals surface area (Å²) in [6.07, 6.45) is 0.909. The SMILES string of the molecule is CC(=O)C(CCCCl)C(=O)O. The van der Waals surface area contributed by atoms with Crippen LogP contribution in [0.5, 0.6) is 0 Å². The molecule has 0 amide bonds. The van der Waals surface area contributed by atoms with Crippen LogP contribution in [0.15, 0.2) is 0 Å². The Labute approximate surface area is 70.3 Å². The predicted molar refractivity (Wildman–Crippen MR) is 41.8 cm³/mol. The van der Waals surface area contributed by atoms with Gasteiger partial charge in [-0.2, -0.15) is 0 Å². The summed E-state index contributed by atoms with van der Waals surface area (Å²) in [6.45, 7) is 1.28. The monoisotopic (exact) mass is 178 g/mol. The van der Waals surface area contributed by atoms with Crippen molar-refractivity contribution in [2.24, 2.45) is 5.92 Å². The summed E-state index contributed by atoms with van der Waals surface area (Å²) in [7, 11) is 0. The maximum absolute atomic E-state index is 10.7. The molecule has 0 heterocycles. The number of carbonyl (C=O) groups is 2. The molecule has 0 aromatic heterocycles. The van der Waals surface area contributed by atoms with Crippen molar-refractivity contribution < 1.29 is 14.7 Å². The van der Waals surface area contributed by atoms with Crippen molar-refractivity contribution in [3.8, 4) is 0 Å². The molecule has 0 radical (unpaired) electrons. The van der Waals surface area contributed by atoms with Crippen molar-refractivity contribution in [1.29, 1.82) is 0 Å². The van der Waals surface area contributed by atoms with Gasteiger partial charge in [-0.25, -0.2) is 0 Å². The van der Waals surface area contributed by atoms with Crippen LogP contribution in [0.3, 0.4) is 0 Å². The zero-order valence-electron chi connectivity index (χ0n) is 6.34. The topological polar surface area (TPSA) is 54.4 Å². The van der Waals surface area contributed by atoms with Crippen molar-refractivity contribution >= 4 is 23.4 Å². The number of carboxylic acid groups (broad SMARTS) is 1. The lowest BCUT2D eigenvalue weighted by atomic mass is 10.0. The Bertz CT molecular complexity index is 142. The minimum absolute atomic E-state index is 0.303. The Morgan fingerprint density at radius 1 is 1.55 bits per heavy atom. The van der Waals surface area contributed by atoms with Crippen LogP contribution in [0.1, 0.15) is 19.8 Å². The van der Waals surface area contributed by atoms with Crippen molar-refractivity contribution in [2.75, 3.05) is 5.88 Å². The molecule has 1 unspecified atom stereocenters. The highest BCUT2D eigenvalue weighted by molar-refractivity contribution is 6.17. The van der Waals surface area contributed by atoms with Gasteiger partial charge in [0.25, 0.3) is 0 Å². The van der Waals surface area contributed by atoms with Crippen molar-refractivity contribution in [3.05, 3.63) is 0 Å². The number of carboxylic acids is 1. The lowest BCUT2D eigenvalue weighted by Gasteiger charge is -2.05. The maximum atomic E-state index is 10.7. The number of hydrogen-bond donors (Lipinski definition) is 1. The number of hydrogen-bond acceptors (Lipinski definition) is 2. The molecule has 0 aromatic carbocycles. The quantitative estimate of drug-likeness (QED) is 0.510. The molecule has 4 heteroatoms. The first-order valence-electron chi connectivity index (χ1n) is 3.38. The number of alkyl halides is 1. The molecule has 0 fully saturated rings. The van der Waals surface area contributed by atoms with Crippen LogP contribution in [0.2, 0.25) is 0 Å². The number of ketones is 1. The van der Waals surface area contributed by atoms with E-state index in [1.807, 2.05) is 0 Å². The van der Waals surface area contributed by atoms with Crippen molar-refractivity contribution in [2.45, 2.75) is 19.8 Å². The van der Waals surface area contributed by atoms with Gasteiger partial charge in [-0.15, -0.1) is 11.6 Å². The van der Waals surface area contributed by atoms with Crippen LogP contribution in [0.4, 0.5) is 0 Å². The molecule has 1 atom stereocenters. The molecule has 0 bridgehead atoms. The van der Waals surface area contributed by atoms with Gasteiger partial charge in [0.1, 0.15) is 11.7 Å². The largest absolute Gasteiger partial charge is 0.481 e. The third-order valence-electron chi connectivity index (χ3n) is 1.42. The van der Waals surface area contributed by atoms with Gasteiger partial charge < -0.3 is 5.11 Å². The summed E-state index contributed by atoms with van der Waals surface area (Å²) in [5.74, 6) is -1.82. The van der Waals surface area contributed by atoms with Gasteiger partial charge in [-0.1, -0.05) is 0 Å². The van der Waals surface area contributed by atoms with E-state index in [9.17, 15) is 9.59 Å². The van der Waals surface area contributed by atoms with Crippen LogP contribution < -0.4 is 0 Å². The highest BCUT2D eigenvalue weighted by atomic mass is 35.5. The average molecular weight is 179 g/mol. The Kier molecular flexibility index (Phi) is 4.86. The number of carbonyl (C=O) groups excluding carboxylic acids is 1. The van der Waals surface area contributed by atoms with Gasteiger partial charge in [0.15, 0.2) is 0 Å². The summed E-state index contributed by atoms with van der Waals surface area (Å²) >= 11 is 5.35. The minimum Gasteiger partial charge on any atom is -0.481 e. The standard InChI is InChI=1S/C7H11ClO3/c1-5(9)6(7(10)11)3-2-4-8/h6H,2-4H2,1H3,(H,10,11). The van der Waals surface area contributed by atoms with Crippen LogP contribution in [-0.2, 0) is 9.59 Å². The molecule has 3 nitrogen and oxygen atoms in total. The normalized spacial score (nSPS) is 12.5. The van der Waals surface area contributed by atoms with E-state index in [1.165, 1.54) is 6.92 Å². The second kappa shape index (κ2) is 5.13. The lowest BCUT2D eigenvalue weighted by Crippen LogP contribution is -2.21. The minimum atomic E-state index is -1.05. The molecule has 0 saturated carbocycles.